The van der Waals surface area contributed by atoms with Gasteiger partial charge in [0.1, 0.15) is 0 Å². The molecule has 27 heavy (non-hydrogen) atoms. The first-order valence-corrected chi connectivity index (χ1v) is 10.3. The number of alkyl halides is 1. The number of hydrogen-bond acceptors (Lipinski definition) is 0. The Labute approximate surface area is 168 Å². The van der Waals surface area contributed by atoms with Crippen molar-refractivity contribution in [1.29, 1.82) is 0 Å². The summed E-state index contributed by atoms with van der Waals surface area (Å²) in [5, 5.41) is 0.423. The van der Waals surface area contributed by atoms with E-state index in [1.165, 1.54) is 6.07 Å². The van der Waals surface area contributed by atoms with E-state index in [2.05, 4.69) is 22.6 Å². The molecule has 3 aromatic rings. The van der Waals surface area contributed by atoms with Crippen molar-refractivity contribution in [2.45, 2.75) is 47.4 Å². The summed E-state index contributed by atoms with van der Waals surface area (Å²) in [5.74, 6) is -4.16. The number of fused-ring (bicyclic) bond motifs is 6. The summed E-state index contributed by atoms with van der Waals surface area (Å²) in [4.78, 5) is 0. The average molecular weight is 484 g/mol. The van der Waals surface area contributed by atoms with Gasteiger partial charge in [-0.1, -0.05) is 40.8 Å². The van der Waals surface area contributed by atoms with Crippen molar-refractivity contribution in [3.8, 4) is 0 Å². The third kappa shape index (κ3) is 2.46. The van der Waals surface area contributed by atoms with Crippen LogP contribution in [0.2, 0.25) is 0 Å². The average Bonchev–Trinajstić information content (AvgIpc) is 2.68. The lowest BCUT2D eigenvalue weighted by molar-refractivity contribution is 0.163. The van der Waals surface area contributed by atoms with Crippen LogP contribution >= 0.6 is 22.6 Å². The van der Waals surface area contributed by atoms with Gasteiger partial charge in [-0.15, -0.1) is 0 Å². The second-order valence-electron chi connectivity index (χ2n) is 8.11. The minimum absolute atomic E-state index is 0.169. The maximum atomic E-state index is 15.2. The molecule has 3 aromatic carbocycles. The maximum Gasteiger partial charge on any atom is 0.167 e. The molecule has 0 radical (unpaired) electrons. The molecule has 0 unspecified atom stereocenters. The fourth-order valence-electron chi connectivity index (χ4n) is 5.10. The molecule has 0 spiro atoms. The Bertz CT molecular complexity index is 1080. The molecule has 3 aliphatic rings. The molecule has 0 saturated heterocycles. The topological polar surface area (TPSA) is 0 Å². The minimum Gasteiger partial charge on any atom is -0.204 e. The predicted octanol–water partition coefficient (Wildman–Crippen LogP) is 7.33. The van der Waals surface area contributed by atoms with Gasteiger partial charge in [-0.25, -0.2) is 17.6 Å². The van der Waals surface area contributed by atoms with E-state index in [-0.39, 0.29) is 16.2 Å². The monoisotopic (exact) mass is 484 g/mol. The number of benzene rings is 3. The molecule has 3 saturated carbocycles. The normalized spacial score (nSPS) is 27.6. The molecule has 0 aliphatic heterocycles. The van der Waals surface area contributed by atoms with Crippen LogP contribution in [0, 0.1) is 23.3 Å². The Morgan fingerprint density at radius 3 is 1.89 bits per heavy atom. The zero-order chi connectivity index (χ0) is 19.0. The lowest BCUT2D eigenvalue weighted by Gasteiger charge is -2.51. The van der Waals surface area contributed by atoms with Crippen molar-refractivity contribution in [2.75, 3.05) is 0 Å². The molecule has 140 valence electrons. The van der Waals surface area contributed by atoms with E-state index in [4.69, 9.17) is 0 Å². The standard InChI is InChI=1S/C22H17F4I/c23-15-4-3-12-1-2-13-11-14(18(24)20(26)17(13)16(12)19(15)25)21-5-8-22(27,9-6-21)10-7-21/h1-4,11H,5-10H2. The number of rotatable bonds is 1. The molecule has 0 nitrogen and oxygen atoms in total. The van der Waals surface area contributed by atoms with E-state index in [1.54, 1.807) is 18.2 Å². The van der Waals surface area contributed by atoms with E-state index >= 15 is 8.78 Å². The number of hydrogen-bond donors (Lipinski definition) is 0. The fraction of sp³-hybridized carbons (Fsp3) is 0.364. The van der Waals surface area contributed by atoms with Crippen LogP contribution in [-0.4, -0.2) is 3.42 Å². The van der Waals surface area contributed by atoms with E-state index in [0.29, 0.717) is 19.8 Å². The first kappa shape index (κ1) is 17.7. The van der Waals surface area contributed by atoms with Crippen molar-refractivity contribution in [1.82, 2.24) is 0 Å². The molecule has 2 bridgehead atoms. The van der Waals surface area contributed by atoms with E-state index < -0.39 is 23.3 Å². The summed E-state index contributed by atoms with van der Waals surface area (Å²) in [6.45, 7) is 0. The van der Waals surface area contributed by atoms with Gasteiger partial charge in [0, 0.05) is 14.2 Å². The van der Waals surface area contributed by atoms with Gasteiger partial charge >= 0.3 is 0 Å². The first-order chi connectivity index (χ1) is 12.8. The molecule has 6 rings (SSSR count). The molecule has 0 aromatic heterocycles. The van der Waals surface area contributed by atoms with Crippen LogP contribution in [0.3, 0.4) is 0 Å². The van der Waals surface area contributed by atoms with E-state index in [1.807, 2.05) is 0 Å². The Hall–Kier alpha value is -1.37. The van der Waals surface area contributed by atoms with Crippen molar-refractivity contribution in [2.24, 2.45) is 0 Å². The summed E-state index contributed by atoms with van der Waals surface area (Å²) in [5.41, 5.74) is 0.0587. The molecule has 0 atom stereocenters. The molecule has 3 aliphatic carbocycles. The van der Waals surface area contributed by atoms with Crippen LogP contribution < -0.4 is 0 Å². The largest absolute Gasteiger partial charge is 0.204 e. The molecule has 0 heterocycles. The highest BCUT2D eigenvalue weighted by Crippen LogP contribution is 2.58. The van der Waals surface area contributed by atoms with Crippen molar-refractivity contribution < 1.29 is 17.6 Å². The van der Waals surface area contributed by atoms with Crippen molar-refractivity contribution in [3.05, 3.63) is 59.2 Å². The molecule has 0 N–H and O–H groups in total. The molecule has 0 amide bonds. The third-order valence-electron chi connectivity index (χ3n) is 6.78. The summed E-state index contributed by atoms with van der Waals surface area (Å²) in [6.07, 6.45) is 5.54. The fourth-order valence-corrected chi connectivity index (χ4v) is 5.91. The maximum absolute atomic E-state index is 15.2. The molecular formula is C22H17F4I. The SMILES string of the molecule is Fc1ccc2ccc3cc(C45CCC(I)(CC4)CC5)c(F)c(F)c3c2c1F. The van der Waals surface area contributed by atoms with Gasteiger partial charge < -0.3 is 0 Å². The highest BCUT2D eigenvalue weighted by molar-refractivity contribution is 14.1. The van der Waals surface area contributed by atoms with Crippen LogP contribution in [0.4, 0.5) is 17.6 Å². The molecule has 3 fully saturated rings. The van der Waals surface area contributed by atoms with E-state index in [0.717, 1.165) is 44.6 Å². The van der Waals surface area contributed by atoms with Crippen molar-refractivity contribution in [3.63, 3.8) is 0 Å². The smallest absolute Gasteiger partial charge is 0.167 e. The highest BCUT2D eigenvalue weighted by Gasteiger charge is 2.49. The second-order valence-corrected chi connectivity index (χ2v) is 10.4. The van der Waals surface area contributed by atoms with Gasteiger partial charge in [-0.3, -0.25) is 0 Å². The van der Waals surface area contributed by atoms with E-state index in [9.17, 15) is 8.78 Å². The van der Waals surface area contributed by atoms with Gasteiger partial charge in [-0.2, -0.15) is 0 Å². The Morgan fingerprint density at radius 1 is 0.667 bits per heavy atom. The van der Waals surface area contributed by atoms with Crippen LogP contribution in [0.15, 0.2) is 30.3 Å². The van der Waals surface area contributed by atoms with Crippen LogP contribution in [0.5, 0.6) is 0 Å². The third-order valence-corrected chi connectivity index (χ3v) is 8.40. The minimum atomic E-state index is -1.13. The lowest BCUT2D eigenvalue weighted by atomic mass is 9.57. The lowest BCUT2D eigenvalue weighted by Crippen LogP contribution is -2.45. The van der Waals surface area contributed by atoms with Crippen LogP contribution in [-0.2, 0) is 5.41 Å². The second kappa shape index (κ2) is 5.82. The summed E-state index contributed by atoms with van der Waals surface area (Å²) in [6, 6.07) is 7.37. The summed E-state index contributed by atoms with van der Waals surface area (Å²) in [7, 11) is 0. The predicted molar refractivity (Wildman–Crippen MR) is 107 cm³/mol. The number of halogens is 5. The van der Waals surface area contributed by atoms with Gasteiger partial charge in [0.05, 0.1) is 0 Å². The van der Waals surface area contributed by atoms with Gasteiger partial charge in [0.25, 0.3) is 0 Å². The summed E-state index contributed by atoms with van der Waals surface area (Å²) >= 11 is 2.52. The van der Waals surface area contributed by atoms with Gasteiger partial charge in [0.15, 0.2) is 23.3 Å². The Kier molecular flexibility index (Phi) is 3.81. The highest BCUT2D eigenvalue weighted by atomic mass is 127. The zero-order valence-corrected chi connectivity index (χ0v) is 16.7. The Morgan fingerprint density at radius 2 is 1.22 bits per heavy atom. The van der Waals surface area contributed by atoms with Crippen LogP contribution in [0.25, 0.3) is 21.5 Å². The van der Waals surface area contributed by atoms with Gasteiger partial charge in [0.2, 0.25) is 0 Å². The van der Waals surface area contributed by atoms with Gasteiger partial charge in [-0.05, 0) is 72.4 Å². The quantitative estimate of drug-likeness (QED) is 0.147. The molecule has 5 heteroatoms. The first-order valence-electron chi connectivity index (χ1n) is 9.21. The van der Waals surface area contributed by atoms with Crippen molar-refractivity contribution >= 4 is 44.1 Å². The zero-order valence-electron chi connectivity index (χ0n) is 14.5. The summed E-state index contributed by atoms with van der Waals surface area (Å²) < 4.78 is 58.9. The van der Waals surface area contributed by atoms with Crippen LogP contribution in [0.1, 0.15) is 44.1 Å². The molecular weight excluding hydrogens is 467 g/mol. The Balaban J connectivity index is 1.79.